The van der Waals surface area contributed by atoms with E-state index < -0.39 is 65.7 Å². The maximum atomic E-state index is 14.4. The van der Waals surface area contributed by atoms with Crippen molar-refractivity contribution in [2.45, 2.75) is 121 Å². The molecule has 0 spiro atoms. The first-order valence-corrected chi connectivity index (χ1v) is 19.3. The second-order valence-electron chi connectivity index (χ2n) is 14.5. The molecular formula is C37H60N12O7. The monoisotopic (exact) mass is 784 g/mol. The highest BCUT2D eigenvalue weighted by Gasteiger charge is 2.40. The van der Waals surface area contributed by atoms with Crippen LogP contribution in [0.2, 0.25) is 0 Å². The van der Waals surface area contributed by atoms with Crippen molar-refractivity contribution < 1.29 is 33.9 Å². The molecule has 0 radical (unpaired) electrons. The largest absolute Gasteiger partial charge is 0.508 e. The number of primary amides is 1. The standard InChI is InChI=1S/C37H60N12O7/c1-22(50)45-27(11-6-18-44-37(41)42)32(53)48-29(21-23-8-3-2-4-9-23)35(56)49-19-7-12-30(49)34(55)47-28(20-24-13-15-25(51)16-14-24)33(54)46-26(31(38)52)10-5-17-43-36(39)40/h13-16,23,26-30,51H,2-12,17-21H2,1H3,(H2,38,52)(H,45,50)(H,46,54)(H,47,55)(H,48,53)(H4,39,40,43)(H4,41,42,44)/t26-,27-,28+,29-,30+/m0/s1. The van der Waals surface area contributed by atoms with E-state index in [-0.39, 0.29) is 62.5 Å². The van der Waals surface area contributed by atoms with Crippen LogP contribution in [0.25, 0.3) is 0 Å². The Balaban J connectivity index is 1.82. The molecule has 1 aliphatic heterocycles. The van der Waals surface area contributed by atoms with Crippen molar-refractivity contribution in [1.82, 2.24) is 26.2 Å². The molecule has 19 nitrogen and oxygen atoms in total. The molecule has 310 valence electrons. The first-order valence-electron chi connectivity index (χ1n) is 19.3. The SMILES string of the molecule is CC(=O)N[C@@H](CCCN=C(N)N)C(=O)N[C@@H](CC1CCCCC1)C(=O)N1CCC[C@@H]1C(=O)N[C@H](Cc1ccc(O)cc1)C(=O)N[C@@H](CCCN=C(N)N)C(N)=O. The number of amides is 6. The summed E-state index contributed by atoms with van der Waals surface area (Å²) in [4.78, 5) is 89.5. The lowest BCUT2D eigenvalue weighted by Crippen LogP contribution is -2.59. The third-order valence-electron chi connectivity index (χ3n) is 10.0. The van der Waals surface area contributed by atoms with Crippen molar-refractivity contribution in [2.75, 3.05) is 19.6 Å². The summed E-state index contributed by atoms with van der Waals surface area (Å²) in [7, 11) is 0. The maximum absolute atomic E-state index is 14.4. The van der Waals surface area contributed by atoms with Gasteiger partial charge in [-0.15, -0.1) is 0 Å². The lowest BCUT2D eigenvalue weighted by Gasteiger charge is -2.33. The van der Waals surface area contributed by atoms with Crippen LogP contribution in [0.1, 0.15) is 89.5 Å². The Bertz CT molecular complexity index is 1560. The number of phenols is 1. The number of nitrogens with two attached hydrogens (primary N) is 5. The van der Waals surface area contributed by atoms with Crippen LogP contribution in [0.3, 0.4) is 0 Å². The van der Waals surface area contributed by atoms with Gasteiger partial charge >= 0.3 is 0 Å². The third kappa shape index (κ3) is 15.3. The maximum Gasteiger partial charge on any atom is 0.245 e. The lowest BCUT2D eigenvalue weighted by molar-refractivity contribution is -0.143. The Morgan fingerprint density at radius 3 is 1.88 bits per heavy atom. The van der Waals surface area contributed by atoms with E-state index in [9.17, 15) is 33.9 Å². The smallest absolute Gasteiger partial charge is 0.245 e. The molecule has 0 unspecified atom stereocenters. The van der Waals surface area contributed by atoms with Gasteiger partial charge in [-0.3, -0.25) is 38.8 Å². The van der Waals surface area contributed by atoms with Crippen molar-refractivity contribution in [3.63, 3.8) is 0 Å². The summed E-state index contributed by atoms with van der Waals surface area (Å²) in [5, 5.41) is 20.8. The van der Waals surface area contributed by atoms with Gasteiger partial charge in [0.25, 0.3) is 0 Å². The zero-order chi connectivity index (χ0) is 41.2. The van der Waals surface area contributed by atoms with Gasteiger partial charge in [0.05, 0.1) is 0 Å². The quantitative estimate of drug-likeness (QED) is 0.0386. The van der Waals surface area contributed by atoms with Gasteiger partial charge in [-0.2, -0.15) is 0 Å². The number of nitrogens with zero attached hydrogens (tertiary/aromatic N) is 3. The van der Waals surface area contributed by atoms with Crippen molar-refractivity contribution in [1.29, 1.82) is 0 Å². The molecule has 1 aliphatic carbocycles. The first kappa shape index (κ1) is 44.8. The third-order valence-corrected chi connectivity index (χ3v) is 10.0. The molecule has 19 heteroatoms. The molecule has 1 aromatic carbocycles. The second-order valence-corrected chi connectivity index (χ2v) is 14.5. The van der Waals surface area contributed by atoms with Crippen LogP contribution in [-0.2, 0) is 35.2 Å². The van der Waals surface area contributed by atoms with Crippen LogP contribution in [-0.4, -0.2) is 107 Å². The molecule has 0 aromatic heterocycles. The number of phenolic OH excluding ortho intramolecular Hbond substituents is 1. The zero-order valence-electron chi connectivity index (χ0n) is 32.2. The normalized spacial score (nSPS) is 17.7. The molecule has 0 bridgehead atoms. The number of likely N-dealkylation sites (tertiary alicyclic amines) is 1. The highest BCUT2D eigenvalue weighted by molar-refractivity contribution is 5.96. The number of aliphatic imine (C=N–C) groups is 2. The molecule has 5 atom stereocenters. The zero-order valence-corrected chi connectivity index (χ0v) is 32.2. The van der Waals surface area contributed by atoms with Crippen molar-refractivity contribution >= 4 is 47.4 Å². The lowest BCUT2D eigenvalue weighted by atomic mass is 9.84. The number of aromatic hydroxyl groups is 1. The first-order chi connectivity index (χ1) is 26.6. The second kappa shape index (κ2) is 22.7. The average molecular weight is 785 g/mol. The molecule has 1 heterocycles. The van der Waals surface area contributed by atoms with Gasteiger partial charge in [-0.1, -0.05) is 44.2 Å². The van der Waals surface area contributed by atoms with Crippen molar-refractivity contribution in [2.24, 2.45) is 44.6 Å². The van der Waals surface area contributed by atoms with Gasteiger partial charge < -0.3 is 59.9 Å². The average Bonchev–Trinajstić information content (AvgIpc) is 3.64. The molecule has 1 saturated heterocycles. The number of guanidine groups is 2. The number of rotatable bonds is 21. The minimum absolute atomic E-state index is 0.00785. The number of hydrogen-bond donors (Lipinski definition) is 10. The number of nitrogens with one attached hydrogen (secondary N) is 4. The number of benzene rings is 1. The Labute approximate surface area is 327 Å². The Kier molecular flexibility index (Phi) is 18.1. The summed E-state index contributed by atoms with van der Waals surface area (Å²) in [6.45, 7) is 1.99. The van der Waals surface area contributed by atoms with Gasteiger partial charge in [0, 0.05) is 33.0 Å². The van der Waals surface area contributed by atoms with E-state index in [1.54, 1.807) is 12.1 Å². The molecule has 3 rings (SSSR count). The van der Waals surface area contributed by atoms with E-state index >= 15 is 0 Å². The number of carbonyl (C=O) groups excluding carboxylic acids is 6. The van der Waals surface area contributed by atoms with Crippen LogP contribution >= 0.6 is 0 Å². The van der Waals surface area contributed by atoms with E-state index in [1.807, 2.05) is 0 Å². The predicted octanol–water partition coefficient (Wildman–Crippen LogP) is -1.55. The van der Waals surface area contributed by atoms with Crippen LogP contribution < -0.4 is 49.9 Å². The van der Waals surface area contributed by atoms with Gasteiger partial charge in [0.1, 0.15) is 36.0 Å². The Hall–Kier alpha value is -5.62. The van der Waals surface area contributed by atoms with Crippen LogP contribution in [0, 0.1) is 5.92 Å². The molecular weight excluding hydrogens is 724 g/mol. The Morgan fingerprint density at radius 1 is 0.732 bits per heavy atom. The van der Waals surface area contributed by atoms with Crippen LogP contribution in [0.15, 0.2) is 34.3 Å². The number of carbonyl (C=O) groups is 6. The van der Waals surface area contributed by atoms with Crippen LogP contribution in [0.4, 0.5) is 0 Å². The fourth-order valence-corrected chi connectivity index (χ4v) is 7.18. The summed E-state index contributed by atoms with van der Waals surface area (Å²) in [6.07, 6.45) is 7.14. The fraction of sp³-hybridized carbons (Fsp3) is 0.622. The van der Waals surface area contributed by atoms with E-state index in [4.69, 9.17) is 28.7 Å². The topological polar surface area (TPSA) is 329 Å². The minimum Gasteiger partial charge on any atom is -0.508 e. The molecule has 56 heavy (non-hydrogen) atoms. The molecule has 1 aromatic rings. The van der Waals surface area contributed by atoms with Gasteiger partial charge in [-0.05, 0) is 68.6 Å². The summed E-state index contributed by atoms with van der Waals surface area (Å²) >= 11 is 0. The molecule has 6 amide bonds. The minimum atomic E-state index is -1.20. The molecule has 1 saturated carbocycles. The predicted molar refractivity (Wildman–Crippen MR) is 210 cm³/mol. The highest BCUT2D eigenvalue weighted by atomic mass is 16.3. The summed E-state index contributed by atoms with van der Waals surface area (Å²) in [5.41, 5.74) is 27.8. The van der Waals surface area contributed by atoms with E-state index in [0.29, 0.717) is 37.7 Å². The van der Waals surface area contributed by atoms with Crippen molar-refractivity contribution in [3.8, 4) is 5.75 Å². The molecule has 2 aliphatic rings. The van der Waals surface area contributed by atoms with Gasteiger partial charge in [0.15, 0.2) is 11.9 Å². The summed E-state index contributed by atoms with van der Waals surface area (Å²) in [5.74, 6) is -3.47. The van der Waals surface area contributed by atoms with Gasteiger partial charge in [-0.25, -0.2) is 0 Å². The van der Waals surface area contributed by atoms with Crippen LogP contribution in [0.5, 0.6) is 5.75 Å². The Morgan fingerprint density at radius 2 is 1.30 bits per heavy atom. The van der Waals surface area contributed by atoms with Crippen molar-refractivity contribution in [3.05, 3.63) is 29.8 Å². The van der Waals surface area contributed by atoms with E-state index in [1.165, 1.54) is 24.0 Å². The van der Waals surface area contributed by atoms with E-state index in [2.05, 4.69) is 31.3 Å². The number of hydrogen-bond acceptors (Lipinski definition) is 9. The highest BCUT2D eigenvalue weighted by Crippen LogP contribution is 2.29. The summed E-state index contributed by atoms with van der Waals surface area (Å²) < 4.78 is 0. The van der Waals surface area contributed by atoms with E-state index in [0.717, 1.165) is 32.1 Å². The van der Waals surface area contributed by atoms with Gasteiger partial charge in [0.2, 0.25) is 35.4 Å². The molecule has 15 N–H and O–H groups in total. The molecule has 2 fully saturated rings. The summed E-state index contributed by atoms with van der Waals surface area (Å²) in [6, 6.07) is 0.928. The fourth-order valence-electron chi connectivity index (χ4n) is 7.18.